The molecular weight excluding hydrogens is 112 g/mol. The minimum atomic E-state index is -2.76. The van der Waals surface area contributed by atoms with Gasteiger partial charge in [-0.25, -0.2) is 0 Å². The smallest absolute Gasteiger partial charge is 0.344 e. The molecule has 0 saturated carbocycles. The maximum atomic E-state index is 10.1. The maximum absolute atomic E-state index is 10.1. The molecule has 0 aliphatic rings. The molecular formula is H5FNO3P. The third kappa shape index (κ3) is 8.89. The van der Waals surface area contributed by atoms with Gasteiger partial charge in [-0.05, 0) is 4.53 Å². The van der Waals surface area contributed by atoms with Crippen molar-refractivity contribution in [3.63, 3.8) is 0 Å². The molecule has 0 fully saturated rings. The molecule has 0 bridgehead atoms. The highest BCUT2D eigenvalue weighted by molar-refractivity contribution is 7.39. The van der Waals surface area contributed by atoms with E-state index in [1.54, 1.807) is 0 Å². The molecule has 40 valence electrons. The van der Waals surface area contributed by atoms with Crippen molar-refractivity contribution >= 4 is 8.60 Å². The molecule has 0 aliphatic carbocycles. The van der Waals surface area contributed by atoms with Crippen molar-refractivity contribution in [1.29, 1.82) is 0 Å². The first kappa shape index (κ1) is 9.50. The molecule has 0 aliphatic heterocycles. The molecule has 4 nitrogen and oxygen atoms in total. The van der Waals surface area contributed by atoms with Crippen molar-refractivity contribution in [3.8, 4) is 0 Å². The molecule has 0 spiro atoms. The van der Waals surface area contributed by atoms with Gasteiger partial charge >= 0.3 is 8.60 Å². The number of halogens is 1. The van der Waals surface area contributed by atoms with E-state index in [1.165, 1.54) is 0 Å². The third-order valence-corrected chi connectivity index (χ3v) is 0.185. The fraction of sp³-hybridized carbons (Fsp3) is 0. The van der Waals surface area contributed by atoms with Crippen molar-refractivity contribution in [1.82, 2.24) is 6.15 Å². The van der Waals surface area contributed by atoms with Crippen molar-refractivity contribution in [2.24, 2.45) is 0 Å². The highest BCUT2D eigenvalue weighted by Crippen LogP contribution is 2.23. The third-order valence-electron chi connectivity index (χ3n) is 0.0617. The summed E-state index contributed by atoms with van der Waals surface area (Å²) in [6.07, 6.45) is 0. The van der Waals surface area contributed by atoms with Crippen LogP contribution in [0.3, 0.4) is 0 Å². The molecule has 0 amide bonds. The van der Waals surface area contributed by atoms with Crippen LogP contribution in [-0.4, -0.2) is 9.79 Å². The van der Waals surface area contributed by atoms with E-state index < -0.39 is 8.60 Å². The van der Waals surface area contributed by atoms with Gasteiger partial charge < -0.3 is 15.9 Å². The second-order valence-electron chi connectivity index (χ2n) is 0.322. The van der Waals surface area contributed by atoms with E-state index >= 15 is 0 Å². The van der Waals surface area contributed by atoms with Gasteiger partial charge in [0.05, 0.1) is 0 Å². The summed E-state index contributed by atoms with van der Waals surface area (Å²) in [5, 5.41) is 0. The Kier molecular flexibility index (Phi) is 8.24. The van der Waals surface area contributed by atoms with Crippen LogP contribution in [0.2, 0.25) is 0 Å². The van der Waals surface area contributed by atoms with E-state index in [0.717, 1.165) is 0 Å². The van der Waals surface area contributed by atoms with Crippen LogP contribution in [0.5, 0.6) is 0 Å². The quantitative estimate of drug-likeness (QED) is 0.430. The highest BCUT2D eigenvalue weighted by atomic mass is 31.2. The zero-order valence-corrected chi connectivity index (χ0v) is 3.73. The van der Waals surface area contributed by atoms with Crippen LogP contribution >= 0.6 is 8.60 Å². The number of hydrogen-bond donors (Lipinski definition) is 3. The maximum Gasteiger partial charge on any atom is 0.363 e. The molecule has 0 heterocycles. The first-order valence-electron chi connectivity index (χ1n) is 0.737. The molecule has 0 aromatic carbocycles. The molecule has 0 aromatic rings. The van der Waals surface area contributed by atoms with E-state index in [1.807, 2.05) is 0 Å². The Hall–Kier alpha value is 0.200. The molecule has 0 rings (SSSR count). The lowest BCUT2D eigenvalue weighted by atomic mass is 14.0. The summed E-state index contributed by atoms with van der Waals surface area (Å²) in [6.45, 7) is 0. The van der Waals surface area contributed by atoms with Crippen LogP contribution in [0.4, 0.5) is 4.53 Å². The molecule has 6 heteroatoms. The van der Waals surface area contributed by atoms with E-state index in [9.17, 15) is 4.53 Å². The normalized spacial score (nSPS) is 8.00. The van der Waals surface area contributed by atoms with E-state index in [4.69, 9.17) is 9.79 Å². The fourth-order valence-corrected chi connectivity index (χ4v) is 0. The van der Waals surface area contributed by atoms with Gasteiger partial charge in [0, 0.05) is 0 Å². The summed E-state index contributed by atoms with van der Waals surface area (Å²) >= 11 is 0. The Bertz CT molecular complexity index is 24.8. The monoisotopic (exact) mass is 117 g/mol. The summed E-state index contributed by atoms with van der Waals surface area (Å²) in [4.78, 5) is 14.8. The second kappa shape index (κ2) is 5.20. The fourth-order valence-electron chi connectivity index (χ4n) is 0. The molecule has 0 atom stereocenters. The van der Waals surface area contributed by atoms with Gasteiger partial charge in [0.1, 0.15) is 0 Å². The lowest BCUT2D eigenvalue weighted by molar-refractivity contribution is -0.0199. The molecule has 0 aromatic heterocycles. The number of rotatable bonds is 1. The van der Waals surface area contributed by atoms with Crippen LogP contribution in [0, 0.1) is 0 Å². The summed E-state index contributed by atoms with van der Waals surface area (Å²) in [5.41, 5.74) is 0. The zero-order chi connectivity index (χ0) is 4.28. The van der Waals surface area contributed by atoms with E-state index in [2.05, 4.69) is 4.73 Å². The van der Waals surface area contributed by atoms with Gasteiger partial charge in [-0.3, -0.25) is 0 Å². The average molecular weight is 117 g/mol. The molecule has 0 saturated heterocycles. The lowest BCUT2D eigenvalue weighted by Gasteiger charge is -1.83. The molecule has 0 unspecified atom stereocenters. The Balaban J connectivity index is 0. The number of hydrogen-bond acceptors (Lipinski definition) is 4. The minimum Gasteiger partial charge on any atom is -0.344 e. The Morgan fingerprint density at radius 2 is 1.67 bits per heavy atom. The summed E-state index contributed by atoms with van der Waals surface area (Å²) in [5.74, 6) is 0. The first-order valence-corrected chi connectivity index (χ1v) is 1.90. The van der Waals surface area contributed by atoms with Gasteiger partial charge in [0.25, 0.3) is 0 Å². The van der Waals surface area contributed by atoms with Gasteiger partial charge in [-0.2, -0.15) is 0 Å². The van der Waals surface area contributed by atoms with E-state index in [0.29, 0.717) is 0 Å². The van der Waals surface area contributed by atoms with Gasteiger partial charge in [0.15, 0.2) is 0 Å². The van der Waals surface area contributed by atoms with Crippen molar-refractivity contribution in [3.05, 3.63) is 0 Å². The predicted octanol–water partition coefficient (Wildman–Crippen LogP) is 0.261. The average Bonchev–Trinajstić information content (AvgIpc) is 1.38. The highest BCUT2D eigenvalue weighted by Gasteiger charge is 1.92. The van der Waals surface area contributed by atoms with Crippen molar-refractivity contribution < 1.29 is 19.0 Å². The predicted molar refractivity (Wildman–Crippen MR) is 18.6 cm³/mol. The van der Waals surface area contributed by atoms with Crippen LogP contribution in [0.25, 0.3) is 0 Å². The van der Waals surface area contributed by atoms with Crippen LogP contribution < -0.4 is 6.15 Å². The van der Waals surface area contributed by atoms with Crippen molar-refractivity contribution in [2.45, 2.75) is 0 Å². The Labute approximate surface area is 35.0 Å². The van der Waals surface area contributed by atoms with E-state index in [-0.39, 0.29) is 6.15 Å². The van der Waals surface area contributed by atoms with Crippen LogP contribution in [0.15, 0.2) is 0 Å². The summed E-state index contributed by atoms with van der Waals surface area (Å²) in [7, 11) is -2.76. The Morgan fingerprint density at radius 1 is 1.50 bits per heavy atom. The van der Waals surface area contributed by atoms with Crippen LogP contribution in [0.1, 0.15) is 0 Å². The van der Waals surface area contributed by atoms with Crippen molar-refractivity contribution in [2.75, 3.05) is 0 Å². The standard InChI is InChI=1S/FH2O3P.H3N/c1-4-5(2)3;/h2-3H;1H3. The van der Waals surface area contributed by atoms with Gasteiger partial charge in [-0.1, -0.05) is 0 Å². The largest absolute Gasteiger partial charge is 0.363 e. The van der Waals surface area contributed by atoms with Gasteiger partial charge in [-0.15, -0.1) is 4.73 Å². The second-order valence-corrected chi connectivity index (χ2v) is 0.965. The lowest BCUT2D eigenvalue weighted by Crippen LogP contribution is -1.61. The summed E-state index contributed by atoms with van der Waals surface area (Å²) in [6, 6.07) is 0. The topological polar surface area (TPSA) is 84.7 Å². The molecule has 0 radical (unpaired) electrons. The molecule has 6 heavy (non-hydrogen) atoms. The SMILES string of the molecule is N.OP(O)OF. The first-order chi connectivity index (χ1) is 2.27. The Morgan fingerprint density at radius 3 is 1.67 bits per heavy atom. The summed E-state index contributed by atoms with van der Waals surface area (Å²) < 4.78 is 12.6. The minimum absolute atomic E-state index is 0. The molecule has 5 N–H and O–H groups in total. The van der Waals surface area contributed by atoms with Crippen LogP contribution in [-0.2, 0) is 4.73 Å². The zero-order valence-electron chi connectivity index (χ0n) is 2.83. The van der Waals surface area contributed by atoms with Gasteiger partial charge in [0.2, 0.25) is 0 Å².